The van der Waals surface area contributed by atoms with Crippen LogP contribution in [0.25, 0.3) is 0 Å². The van der Waals surface area contributed by atoms with E-state index in [0.717, 1.165) is 4.90 Å². The molecule has 2 atom stereocenters. The van der Waals surface area contributed by atoms with Crippen LogP contribution in [-0.4, -0.2) is 64.0 Å². The monoisotopic (exact) mass is 398 g/mol. The van der Waals surface area contributed by atoms with Gasteiger partial charge in [-0.1, -0.05) is 0 Å². The van der Waals surface area contributed by atoms with E-state index in [0.29, 0.717) is 24.4 Å². The van der Waals surface area contributed by atoms with Crippen LogP contribution >= 0.6 is 0 Å². The van der Waals surface area contributed by atoms with Crippen LogP contribution in [-0.2, 0) is 19.4 Å². The van der Waals surface area contributed by atoms with Gasteiger partial charge in [-0.15, -0.1) is 0 Å². The Bertz CT molecular complexity index is 779. The van der Waals surface area contributed by atoms with Crippen LogP contribution in [0, 0.1) is 0 Å². The summed E-state index contributed by atoms with van der Waals surface area (Å²) >= 11 is 0. The van der Waals surface area contributed by atoms with Crippen LogP contribution < -0.4 is 20.3 Å². The maximum absolute atomic E-state index is 12.3. The van der Waals surface area contributed by atoms with Crippen LogP contribution in [0.15, 0.2) is 24.3 Å². The Balaban J connectivity index is 1.85. The predicted octanol–water partition coefficient (Wildman–Crippen LogP) is -0.768. The third-order valence-corrected chi connectivity index (χ3v) is 6.54. The Morgan fingerprint density at radius 3 is 2.33 bits per heavy atom. The number of anilines is 1. The number of carbonyl (C=O) groups is 2. The van der Waals surface area contributed by atoms with Gasteiger partial charge in [-0.05, 0) is 44.5 Å². The fourth-order valence-electron chi connectivity index (χ4n) is 3.14. The number of sulfone groups is 1. The molecule has 1 saturated heterocycles. The second kappa shape index (κ2) is 8.71. The van der Waals surface area contributed by atoms with Gasteiger partial charge in [0.2, 0.25) is 0 Å². The number of nitrogens with one attached hydrogen (secondary N) is 3. The minimum absolute atomic E-state index is 0.0366. The molecule has 150 valence electrons. The van der Waals surface area contributed by atoms with Gasteiger partial charge in [0.15, 0.2) is 22.9 Å². The molecule has 3 N–H and O–H groups in total. The summed E-state index contributed by atoms with van der Waals surface area (Å²) in [5, 5.41) is 5.62. The molecule has 0 radical (unpaired) electrons. The number of rotatable bonds is 8. The van der Waals surface area contributed by atoms with Crippen molar-refractivity contribution in [2.24, 2.45) is 0 Å². The van der Waals surface area contributed by atoms with Gasteiger partial charge in [0.25, 0.3) is 11.8 Å². The average Bonchev–Trinajstić information content (AvgIpc) is 2.87. The Hall–Kier alpha value is -2.13. The zero-order valence-electron chi connectivity index (χ0n) is 16.0. The number of likely N-dealkylation sites (N-methyl/N-ethyl adjacent to an activating group) is 1. The quantitative estimate of drug-likeness (QED) is 0.533. The molecule has 1 aliphatic heterocycles. The molecule has 0 saturated carbocycles. The average molecular weight is 399 g/mol. The topological polar surface area (TPSA) is 106 Å². The number of ether oxygens (including phenoxy) is 1. The molecule has 0 aliphatic carbocycles. The van der Waals surface area contributed by atoms with Gasteiger partial charge in [0.05, 0.1) is 30.7 Å². The number of amides is 2. The molecule has 1 unspecified atom stereocenters. The molecule has 27 heavy (non-hydrogen) atoms. The lowest BCUT2D eigenvalue weighted by Gasteiger charge is -2.25. The predicted molar refractivity (Wildman–Crippen MR) is 103 cm³/mol. The van der Waals surface area contributed by atoms with Crippen molar-refractivity contribution in [3.8, 4) is 5.75 Å². The summed E-state index contributed by atoms with van der Waals surface area (Å²) in [6, 6.07) is 7.00. The molecular weight excluding hydrogens is 370 g/mol. The van der Waals surface area contributed by atoms with Crippen molar-refractivity contribution in [2.75, 3.05) is 43.6 Å². The van der Waals surface area contributed by atoms with Crippen molar-refractivity contribution in [1.29, 1.82) is 0 Å². The first-order valence-corrected chi connectivity index (χ1v) is 10.8. The van der Waals surface area contributed by atoms with E-state index >= 15 is 0 Å². The van der Waals surface area contributed by atoms with E-state index in [1.165, 1.54) is 0 Å². The summed E-state index contributed by atoms with van der Waals surface area (Å²) < 4.78 is 28.4. The lowest BCUT2D eigenvalue weighted by atomic mass is 10.0. The SMILES string of the molecule is CC[NH+](CC(=O)Nc1ccc(OC)cc1)CC(=O)N[C@]1(C)CCS(=O)(=O)C1. The first-order chi connectivity index (χ1) is 12.6. The summed E-state index contributed by atoms with van der Waals surface area (Å²) in [4.78, 5) is 25.4. The molecule has 1 aliphatic rings. The fraction of sp³-hybridized carbons (Fsp3) is 0.556. The Morgan fingerprint density at radius 1 is 1.19 bits per heavy atom. The summed E-state index contributed by atoms with van der Waals surface area (Å²) in [5.41, 5.74) is -0.0653. The molecule has 9 heteroatoms. The van der Waals surface area contributed by atoms with Crippen LogP contribution in [0.3, 0.4) is 0 Å². The molecule has 2 amide bonds. The van der Waals surface area contributed by atoms with Gasteiger partial charge in [0, 0.05) is 5.69 Å². The van der Waals surface area contributed by atoms with Crippen LogP contribution in [0.5, 0.6) is 5.75 Å². The van der Waals surface area contributed by atoms with E-state index in [1.54, 1.807) is 38.3 Å². The summed E-state index contributed by atoms with van der Waals surface area (Å²) in [7, 11) is -1.51. The highest BCUT2D eigenvalue weighted by molar-refractivity contribution is 7.91. The summed E-state index contributed by atoms with van der Waals surface area (Å²) in [6.07, 6.45) is 0.417. The maximum atomic E-state index is 12.3. The van der Waals surface area contributed by atoms with Gasteiger partial charge in [-0.2, -0.15) is 0 Å². The summed E-state index contributed by atoms with van der Waals surface area (Å²) in [5.74, 6) is 0.319. The van der Waals surface area contributed by atoms with Gasteiger partial charge >= 0.3 is 0 Å². The minimum Gasteiger partial charge on any atom is -0.497 e. The van der Waals surface area contributed by atoms with Crippen molar-refractivity contribution in [1.82, 2.24) is 5.32 Å². The van der Waals surface area contributed by atoms with Crippen molar-refractivity contribution in [2.45, 2.75) is 25.8 Å². The van der Waals surface area contributed by atoms with Gasteiger partial charge in [-0.3, -0.25) is 9.59 Å². The largest absolute Gasteiger partial charge is 0.497 e. The lowest BCUT2D eigenvalue weighted by Crippen LogP contribution is -3.14. The number of quaternary nitrogens is 1. The van der Waals surface area contributed by atoms with Crippen LogP contribution in [0.4, 0.5) is 5.69 Å². The molecule has 0 spiro atoms. The van der Waals surface area contributed by atoms with E-state index in [1.807, 2.05) is 6.92 Å². The highest BCUT2D eigenvalue weighted by atomic mass is 32.2. The Morgan fingerprint density at radius 2 is 1.81 bits per heavy atom. The van der Waals surface area contributed by atoms with Crippen molar-refractivity contribution >= 4 is 27.3 Å². The van der Waals surface area contributed by atoms with E-state index in [4.69, 9.17) is 4.74 Å². The number of methoxy groups -OCH3 is 1. The first kappa shape index (κ1) is 21.2. The fourth-order valence-corrected chi connectivity index (χ4v) is 5.23. The zero-order chi connectivity index (χ0) is 20.1. The standard InChI is InChI=1S/C18H27N3O5S/c1-4-21(11-16(22)19-14-5-7-15(26-3)8-6-14)12-17(23)20-18(2)9-10-27(24,25)13-18/h5-8H,4,9-13H2,1-3H3,(H,19,22)(H,20,23)/p+1/t18-/m1/s1. The normalized spacial score (nSPS) is 22.0. The van der Waals surface area contributed by atoms with Gasteiger partial charge in [0.1, 0.15) is 5.75 Å². The van der Waals surface area contributed by atoms with Crippen molar-refractivity contribution in [3.63, 3.8) is 0 Å². The van der Waals surface area contributed by atoms with Crippen LogP contribution in [0.2, 0.25) is 0 Å². The molecule has 1 aromatic carbocycles. The molecule has 0 aromatic heterocycles. The lowest BCUT2D eigenvalue weighted by molar-refractivity contribution is -0.881. The Labute approximate surface area is 160 Å². The maximum Gasteiger partial charge on any atom is 0.279 e. The van der Waals surface area contributed by atoms with E-state index in [2.05, 4.69) is 10.6 Å². The highest BCUT2D eigenvalue weighted by Gasteiger charge is 2.39. The zero-order valence-corrected chi connectivity index (χ0v) is 16.8. The molecule has 0 bridgehead atoms. The van der Waals surface area contributed by atoms with E-state index in [-0.39, 0.29) is 36.4 Å². The second-order valence-corrected chi connectivity index (χ2v) is 9.37. The third-order valence-electron chi connectivity index (χ3n) is 4.64. The van der Waals surface area contributed by atoms with Gasteiger partial charge in [-0.25, -0.2) is 8.42 Å². The molecule has 8 nitrogen and oxygen atoms in total. The van der Waals surface area contributed by atoms with E-state index in [9.17, 15) is 18.0 Å². The van der Waals surface area contributed by atoms with Gasteiger partial charge < -0.3 is 20.3 Å². The summed E-state index contributed by atoms with van der Waals surface area (Å²) in [6.45, 7) is 4.49. The minimum atomic E-state index is -3.09. The third kappa shape index (κ3) is 6.51. The second-order valence-electron chi connectivity index (χ2n) is 7.18. The number of carbonyl (C=O) groups excluding carboxylic acids is 2. The van der Waals surface area contributed by atoms with Crippen molar-refractivity contribution in [3.05, 3.63) is 24.3 Å². The molecule has 2 rings (SSSR count). The molecule has 1 aromatic rings. The van der Waals surface area contributed by atoms with Crippen molar-refractivity contribution < 1.29 is 27.6 Å². The smallest absolute Gasteiger partial charge is 0.279 e. The highest BCUT2D eigenvalue weighted by Crippen LogP contribution is 2.22. The Kier molecular flexibility index (Phi) is 6.83. The number of benzene rings is 1. The number of hydrogen-bond donors (Lipinski definition) is 3. The molecular formula is C18H28N3O5S+. The van der Waals surface area contributed by atoms with E-state index < -0.39 is 15.4 Å². The number of hydrogen-bond acceptors (Lipinski definition) is 5. The van der Waals surface area contributed by atoms with Crippen LogP contribution in [0.1, 0.15) is 20.3 Å². The molecule has 1 fully saturated rings. The molecule has 1 heterocycles. The first-order valence-electron chi connectivity index (χ1n) is 8.93.